The summed E-state index contributed by atoms with van der Waals surface area (Å²) in [5, 5.41) is 7.88. The Morgan fingerprint density at radius 2 is 2.25 bits per heavy atom. The van der Waals surface area contributed by atoms with Gasteiger partial charge < -0.3 is 9.32 Å². The quantitative estimate of drug-likeness (QED) is 0.781. The maximum absolute atomic E-state index is 12.2. The van der Waals surface area contributed by atoms with Gasteiger partial charge in [0.25, 0.3) is 0 Å². The van der Waals surface area contributed by atoms with Crippen molar-refractivity contribution in [1.82, 2.24) is 20.1 Å². The smallest absolute Gasteiger partial charge is 0.249 e. The molecule has 0 spiro atoms. The number of hydrogen-bond donors (Lipinski definition) is 0. The second-order valence-corrected chi connectivity index (χ2v) is 8.03. The number of amides is 1. The van der Waals surface area contributed by atoms with Crippen LogP contribution in [0.3, 0.4) is 0 Å². The molecule has 3 heterocycles. The van der Waals surface area contributed by atoms with Crippen molar-refractivity contribution < 1.29 is 17.6 Å². The molecular formula is C15H18N4O4S. The van der Waals surface area contributed by atoms with Crippen LogP contribution in [-0.4, -0.2) is 59.0 Å². The molecule has 8 nitrogen and oxygen atoms in total. The van der Waals surface area contributed by atoms with Gasteiger partial charge >= 0.3 is 0 Å². The number of sulfone groups is 1. The number of hydrogen-bond acceptors (Lipinski definition) is 7. The Kier molecular flexibility index (Phi) is 4.61. The highest BCUT2D eigenvalue weighted by atomic mass is 32.2. The van der Waals surface area contributed by atoms with E-state index in [1.165, 1.54) is 4.90 Å². The van der Waals surface area contributed by atoms with Crippen LogP contribution in [-0.2, 0) is 21.1 Å². The van der Waals surface area contributed by atoms with Gasteiger partial charge in [-0.3, -0.25) is 9.78 Å². The number of carbonyl (C=O) groups is 1. The third-order valence-electron chi connectivity index (χ3n) is 4.08. The largest absolute Gasteiger partial charge is 0.421 e. The van der Waals surface area contributed by atoms with Crippen LogP contribution in [0.25, 0.3) is 11.5 Å². The van der Waals surface area contributed by atoms with E-state index >= 15 is 0 Å². The Labute approximate surface area is 139 Å². The van der Waals surface area contributed by atoms with E-state index < -0.39 is 9.84 Å². The molecule has 1 aliphatic rings. The van der Waals surface area contributed by atoms with Crippen molar-refractivity contribution in [3.63, 3.8) is 0 Å². The molecule has 128 valence electrons. The molecule has 1 aliphatic heterocycles. The summed E-state index contributed by atoms with van der Waals surface area (Å²) in [5.41, 5.74) is 0.718. The first-order chi connectivity index (χ1) is 11.4. The van der Waals surface area contributed by atoms with E-state index in [0.29, 0.717) is 24.6 Å². The fraction of sp³-hybridized carbons (Fsp3) is 0.467. The van der Waals surface area contributed by atoms with Crippen molar-refractivity contribution in [1.29, 1.82) is 0 Å². The Morgan fingerprint density at radius 1 is 1.42 bits per heavy atom. The predicted molar refractivity (Wildman–Crippen MR) is 85.7 cm³/mol. The van der Waals surface area contributed by atoms with Crippen molar-refractivity contribution in [3.8, 4) is 11.5 Å². The van der Waals surface area contributed by atoms with Gasteiger partial charge in [-0.2, -0.15) is 0 Å². The fourth-order valence-corrected chi connectivity index (χ4v) is 4.41. The molecule has 0 N–H and O–H groups in total. The topological polar surface area (TPSA) is 106 Å². The Bertz CT molecular complexity index is 819. The van der Waals surface area contributed by atoms with Crippen molar-refractivity contribution >= 4 is 15.7 Å². The van der Waals surface area contributed by atoms with Gasteiger partial charge in [0.15, 0.2) is 9.84 Å². The number of pyridine rings is 1. The predicted octanol–water partition coefficient (Wildman–Crippen LogP) is 0.710. The van der Waals surface area contributed by atoms with Gasteiger partial charge in [0.1, 0.15) is 0 Å². The summed E-state index contributed by atoms with van der Waals surface area (Å²) in [7, 11) is -1.37. The van der Waals surface area contributed by atoms with Crippen molar-refractivity contribution in [3.05, 3.63) is 30.4 Å². The number of aromatic nitrogens is 3. The van der Waals surface area contributed by atoms with Crippen LogP contribution < -0.4 is 0 Å². The first-order valence-electron chi connectivity index (χ1n) is 7.63. The molecule has 9 heteroatoms. The normalized spacial score (nSPS) is 19.3. The summed E-state index contributed by atoms with van der Waals surface area (Å²) in [6, 6.07) is 3.34. The van der Waals surface area contributed by atoms with E-state index in [4.69, 9.17) is 4.42 Å². The van der Waals surface area contributed by atoms with Crippen LogP contribution >= 0.6 is 0 Å². The van der Waals surface area contributed by atoms with Crippen LogP contribution in [0.2, 0.25) is 0 Å². The Balaban J connectivity index is 1.56. The minimum atomic E-state index is -3.01. The fourth-order valence-electron chi connectivity index (χ4n) is 2.64. The summed E-state index contributed by atoms with van der Waals surface area (Å²) < 4.78 is 28.5. The standard InChI is InChI=1S/C15H18N4O4S/c1-19(12-6-8-24(21,22)10-12)14(20)5-4-13-17-18-15(23-13)11-3-2-7-16-9-11/h2-3,7,9,12H,4-6,8,10H2,1H3. The molecule has 1 saturated heterocycles. The minimum Gasteiger partial charge on any atom is -0.421 e. The maximum Gasteiger partial charge on any atom is 0.249 e. The lowest BCUT2D eigenvalue weighted by Gasteiger charge is -2.23. The monoisotopic (exact) mass is 350 g/mol. The van der Waals surface area contributed by atoms with E-state index in [9.17, 15) is 13.2 Å². The summed E-state index contributed by atoms with van der Waals surface area (Å²) in [5.74, 6) is 0.794. The van der Waals surface area contributed by atoms with E-state index in [-0.39, 0.29) is 29.9 Å². The SMILES string of the molecule is CN(C(=O)CCc1nnc(-c2cccnc2)o1)C1CCS(=O)(=O)C1. The number of nitrogens with zero attached hydrogens (tertiary/aromatic N) is 4. The third kappa shape index (κ3) is 3.78. The molecule has 0 aromatic carbocycles. The average molecular weight is 350 g/mol. The zero-order chi connectivity index (χ0) is 17.2. The highest BCUT2D eigenvalue weighted by molar-refractivity contribution is 7.91. The lowest BCUT2D eigenvalue weighted by Crippen LogP contribution is -2.37. The minimum absolute atomic E-state index is 0.0426. The molecule has 1 atom stereocenters. The first kappa shape index (κ1) is 16.6. The van der Waals surface area contributed by atoms with Crippen LogP contribution in [0.5, 0.6) is 0 Å². The van der Waals surface area contributed by atoms with Crippen molar-refractivity contribution in [2.45, 2.75) is 25.3 Å². The highest BCUT2D eigenvalue weighted by Crippen LogP contribution is 2.19. The molecule has 24 heavy (non-hydrogen) atoms. The van der Waals surface area contributed by atoms with Crippen molar-refractivity contribution in [2.24, 2.45) is 0 Å². The zero-order valence-corrected chi connectivity index (χ0v) is 14.1. The molecule has 1 fully saturated rings. The molecule has 1 unspecified atom stereocenters. The number of carbonyl (C=O) groups excluding carboxylic acids is 1. The van der Waals surface area contributed by atoms with Gasteiger partial charge in [-0.1, -0.05) is 0 Å². The summed E-state index contributed by atoms with van der Waals surface area (Å²) in [6.45, 7) is 0. The molecule has 0 aliphatic carbocycles. The second kappa shape index (κ2) is 6.68. The van der Waals surface area contributed by atoms with E-state index in [1.807, 2.05) is 6.07 Å². The van der Waals surface area contributed by atoms with E-state index in [0.717, 1.165) is 5.56 Å². The summed E-state index contributed by atoms with van der Waals surface area (Å²) >= 11 is 0. The van der Waals surface area contributed by atoms with Gasteiger partial charge in [-0.05, 0) is 18.6 Å². The second-order valence-electron chi connectivity index (χ2n) is 5.80. The van der Waals surface area contributed by atoms with Gasteiger partial charge in [0.2, 0.25) is 17.7 Å². The van der Waals surface area contributed by atoms with Crippen molar-refractivity contribution in [2.75, 3.05) is 18.6 Å². The Morgan fingerprint density at radius 3 is 2.92 bits per heavy atom. The first-order valence-corrected chi connectivity index (χ1v) is 9.45. The molecule has 0 radical (unpaired) electrons. The summed E-state index contributed by atoms with van der Waals surface area (Å²) in [4.78, 5) is 17.7. The molecule has 2 aromatic heterocycles. The lowest BCUT2D eigenvalue weighted by atomic mass is 10.2. The van der Waals surface area contributed by atoms with E-state index in [1.54, 1.807) is 25.5 Å². The van der Waals surface area contributed by atoms with Crippen LogP contribution in [0, 0.1) is 0 Å². The number of rotatable bonds is 5. The lowest BCUT2D eigenvalue weighted by molar-refractivity contribution is -0.131. The van der Waals surface area contributed by atoms with Crippen LogP contribution in [0.15, 0.2) is 28.9 Å². The molecule has 0 bridgehead atoms. The number of aryl methyl sites for hydroxylation is 1. The van der Waals surface area contributed by atoms with Gasteiger partial charge in [-0.25, -0.2) is 8.42 Å². The Hall–Kier alpha value is -2.29. The average Bonchev–Trinajstić information content (AvgIpc) is 3.19. The molecule has 3 rings (SSSR count). The van der Waals surface area contributed by atoms with Gasteiger partial charge in [-0.15, -0.1) is 10.2 Å². The molecule has 0 saturated carbocycles. The maximum atomic E-state index is 12.2. The summed E-state index contributed by atoms with van der Waals surface area (Å²) in [6.07, 6.45) is 4.28. The van der Waals surface area contributed by atoms with Crippen LogP contribution in [0.1, 0.15) is 18.7 Å². The highest BCUT2D eigenvalue weighted by Gasteiger charge is 2.32. The molecule has 2 aromatic rings. The third-order valence-corrected chi connectivity index (χ3v) is 5.83. The van der Waals surface area contributed by atoms with Gasteiger partial charge in [0, 0.05) is 38.3 Å². The molecular weight excluding hydrogens is 332 g/mol. The molecule has 1 amide bonds. The van der Waals surface area contributed by atoms with E-state index in [2.05, 4.69) is 15.2 Å². The van der Waals surface area contributed by atoms with Gasteiger partial charge in [0.05, 0.1) is 17.1 Å². The van der Waals surface area contributed by atoms with Crippen LogP contribution in [0.4, 0.5) is 0 Å². The zero-order valence-electron chi connectivity index (χ0n) is 13.3.